The molecule has 0 heterocycles. The fourth-order valence-electron chi connectivity index (χ4n) is 2.05. The Morgan fingerprint density at radius 2 is 1.88 bits per heavy atom. The van der Waals surface area contributed by atoms with Gasteiger partial charge in [0, 0.05) is 29.2 Å². The van der Waals surface area contributed by atoms with Gasteiger partial charge >= 0.3 is 0 Å². The van der Waals surface area contributed by atoms with E-state index in [1.54, 1.807) is 25.1 Å². The number of sulfonamides is 1. The predicted octanol–water partition coefficient (Wildman–Crippen LogP) is 3.09. The van der Waals surface area contributed by atoms with Gasteiger partial charge in [0.15, 0.2) is 0 Å². The normalized spacial score (nSPS) is 10.9. The van der Waals surface area contributed by atoms with Crippen LogP contribution in [0, 0.1) is 18.3 Å². The van der Waals surface area contributed by atoms with Crippen molar-refractivity contribution in [3.8, 4) is 6.07 Å². The summed E-state index contributed by atoms with van der Waals surface area (Å²) in [5, 5.41) is 11.7. The van der Waals surface area contributed by atoms with E-state index in [4.69, 9.17) is 16.9 Å². The number of anilines is 1. The van der Waals surface area contributed by atoms with Crippen molar-refractivity contribution in [1.82, 2.24) is 4.72 Å². The van der Waals surface area contributed by atoms with Crippen LogP contribution in [0.25, 0.3) is 0 Å². The van der Waals surface area contributed by atoms with Crippen LogP contribution in [0.4, 0.5) is 5.69 Å². The lowest BCUT2D eigenvalue weighted by Crippen LogP contribution is -2.24. The van der Waals surface area contributed by atoms with Crippen molar-refractivity contribution in [2.75, 3.05) is 11.9 Å². The number of hydrogen-bond acceptors (Lipinski definition) is 4. The molecule has 2 aromatic carbocycles. The van der Waals surface area contributed by atoms with Crippen LogP contribution in [0.2, 0.25) is 5.02 Å². The number of carbonyl (C=O) groups excluding carboxylic acids is 1. The minimum atomic E-state index is -3.70. The van der Waals surface area contributed by atoms with Gasteiger partial charge < -0.3 is 5.32 Å². The molecule has 6 nitrogen and oxygen atoms in total. The highest BCUT2D eigenvalue weighted by Gasteiger charge is 2.15. The van der Waals surface area contributed by atoms with Gasteiger partial charge in [0.25, 0.3) is 5.91 Å². The van der Waals surface area contributed by atoms with E-state index in [1.165, 1.54) is 24.3 Å². The number of amides is 1. The smallest absolute Gasteiger partial charge is 0.255 e. The largest absolute Gasteiger partial charge is 0.322 e. The lowest BCUT2D eigenvalue weighted by Gasteiger charge is -2.10. The van der Waals surface area contributed by atoms with Crippen molar-refractivity contribution in [1.29, 1.82) is 5.26 Å². The van der Waals surface area contributed by atoms with Crippen LogP contribution >= 0.6 is 11.6 Å². The molecule has 2 aromatic rings. The zero-order valence-corrected chi connectivity index (χ0v) is 15.0. The maximum absolute atomic E-state index is 12.3. The second-order valence-electron chi connectivity index (χ2n) is 5.20. The van der Waals surface area contributed by atoms with Crippen molar-refractivity contribution >= 4 is 33.2 Å². The summed E-state index contributed by atoms with van der Waals surface area (Å²) in [5.41, 5.74) is 1.65. The Morgan fingerprint density at radius 1 is 1.20 bits per heavy atom. The molecule has 0 aromatic heterocycles. The highest BCUT2D eigenvalue weighted by atomic mass is 35.5. The van der Waals surface area contributed by atoms with Crippen molar-refractivity contribution in [3.05, 3.63) is 58.6 Å². The number of nitrogens with one attached hydrogen (secondary N) is 2. The SMILES string of the molecule is Cc1c(Cl)cccc1NC(=O)c1ccc(S(=O)(=O)NCCC#N)cc1. The molecule has 0 aliphatic carbocycles. The Morgan fingerprint density at radius 3 is 2.52 bits per heavy atom. The van der Waals surface area contributed by atoms with Crippen LogP contribution in [0.15, 0.2) is 47.4 Å². The summed E-state index contributed by atoms with van der Waals surface area (Å²) in [6.45, 7) is 1.83. The third kappa shape index (κ3) is 4.79. The maximum Gasteiger partial charge on any atom is 0.255 e. The molecule has 1 amide bonds. The summed E-state index contributed by atoms with van der Waals surface area (Å²) >= 11 is 6.02. The highest BCUT2D eigenvalue weighted by molar-refractivity contribution is 7.89. The van der Waals surface area contributed by atoms with Gasteiger partial charge in [-0.2, -0.15) is 5.26 Å². The number of nitriles is 1. The molecule has 0 radical (unpaired) electrons. The molecule has 0 spiro atoms. The van der Waals surface area contributed by atoms with E-state index in [-0.39, 0.29) is 23.8 Å². The molecule has 2 rings (SSSR count). The van der Waals surface area contributed by atoms with E-state index >= 15 is 0 Å². The van der Waals surface area contributed by atoms with E-state index in [1.807, 2.05) is 6.07 Å². The lowest BCUT2D eigenvalue weighted by molar-refractivity contribution is 0.102. The van der Waals surface area contributed by atoms with Crippen LogP contribution in [-0.4, -0.2) is 20.9 Å². The van der Waals surface area contributed by atoms with E-state index in [0.717, 1.165) is 5.56 Å². The van der Waals surface area contributed by atoms with Crippen LogP contribution < -0.4 is 10.0 Å². The molecule has 0 atom stereocenters. The fraction of sp³-hybridized carbons (Fsp3) is 0.176. The Hall–Kier alpha value is -2.40. The minimum Gasteiger partial charge on any atom is -0.322 e. The van der Waals surface area contributed by atoms with Gasteiger partial charge in [-0.25, -0.2) is 13.1 Å². The van der Waals surface area contributed by atoms with E-state index < -0.39 is 10.0 Å². The zero-order valence-electron chi connectivity index (χ0n) is 13.4. The van der Waals surface area contributed by atoms with E-state index in [0.29, 0.717) is 16.3 Å². The second-order valence-corrected chi connectivity index (χ2v) is 7.37. The van der Waals surface area contributed by atoms with Crippen LogP contribution in [0.5, 0.6) is 0 Å². The van der Waals surface area contributed by atoms with E-state index in [2.05, 4.69) is 10.0 Å². The zero-order chi connectivity index (χ0) is 18.4. The van der Waals surface area contributed by atoms with Gasteiger partial charge in [-0.15, -0.1) is 0 Å². The lowest BCUT2D eigenvalue weighted by atomic mass is 10.1. The number of nitrogens with zero attached hydrogens (tertiary/aromatic N) is 1. The van der Waals surface area contributed by atoms with Gasteiger partial charge in [-0.05, 0) is 48.9 Å². The first-order valence-corrected chi connectivity index (χ1v) is 9.24. The Labute approximate surface area is 151 Å². The topological polar surface area (TPSA) is 99.1 Å². The number of benzene rings is 2. The van der Waals surface area contributed by atoms with Gasteiger partial charge in [0.05, 0.1) is 11.0 Å². The quantitative estimate of drug-likeness (QED) is 0.755. The molecule has 0 saturated heterocycles. The number of rotatable bonds is 6. The van der Waals surface area contributed by atoms with Crippen molar-refractivity contribution in [2.45, 2.75) is 18.2 Å². The summed E-state index contributed by atoms with van der Waals surface area (Å²) in [4.78, 5) is 12.3. The standard InChI is InChI=1S/C17H16ClN3O3S/c1-12-15(18)4-2-5-16(12)21-17(22)13-6-8-14(9-7-13)25(23,24)20-11-3-10-19/h2,4-9,20H,3,11H2,1H3,(H,21,22). The molecule has 2 N–H and O–H groups in total. The molecule has 25 heavy (non-hydrogen) atoms. The number of carbonyl (C=O) groups is 1. The van der Waals surface area contributed by atoms with Crippen LogP contribution in [0.1, 0.15) is 22.3 Å². The average molecular weight is 378 g/mol. The molecule has 0 aliphatic rings. The third-order valence-electron chi connectivity index (χ3n) is 3.47. The predicted molar refractivity (Wildman–Crippen MR) is 96.0 cm³/mol. The van der Waals surface area contributed by atoms with Gasteiger partial charge in [0.2, 0.25) is 10.0 Å². The Bertz CT molecular complexity index is 919. The fourth-order valence-corrected chi connectivity index (χ4v) is 3.25. The molecule has 130 valence electrons. The molecular weight excluding hydrogens is 362 g/mol. The van der Waals surface area contributed by atoms with Crippen molar-refractivity contribution in [2.24, 2.45) is 0 Å². The monoisotopic (exact) mass is 377 g/mol. The first-order chi connectivity index (χ1) is 11.8. The van der Waals surface area contributed by atoms with Crippen LogP contribution in [-0.2, 0) is 10.0 Å². The summed E-state index contributed by atoms with van der Waals surface area (Å²) in [6, 6.07) is 12.6. The second kappa shape index (κ2) is 8.12. The number of hydrogen-bond donors (Lipinski definition) is 2. The van der Waals surface area contributed by atoms with Gasteiger partial charge in [-0.1, -0.05) is 17.7 Å². The van der Waals surface area contributed by atoms with Crippen LogP contribution in [0.3, 0.4) is 0 Å². The maximum atomic E-state index is 12.3. The van der Waals surface area contributed by atoms with Gasteiger partial charge in [-0.3, -0.25) is 4.79 Å². The Kier molecular flexibility index (Phi) is 6.15. The molecule has 0 fully saturated rings. The Balaban J connectivity index is 2.13. The van der Waals surface area contributed by atoms with Gasteiger partial charge in [0.1, 0.15) is 0 Å². The third-order valence-corrected chi connectivity index (χ3v) is 5.36. The molecule has 0 unspecified atom stereocenters. The average Bonchev–Trinajstić information content (AvgIpc) is 2.59. The molecule has 0 aliphatic heterocycles. The first kappa shape index (κ1) is 18.9. The molecule has 0 bridgehead atoms. The van der Waals surface area contributed by atoms with Crippen molar-refractivity contribution < 1.29 is 13.2 Å². The van der Waals surface area contributed by atoms with E-state index in [9.17, 15) is 13.2 Å². The number of halogens is 1. The van der Waals surface area contributed by atoms with Crippen molar-refractivity contribution in [3.63, 3.8) is 0 Å². The summed E-state index contributed by atoms with van der Waals surface area (Å²) in [5.74, 6) is -0.369. The molecule has 0 saturated carbocycles. The first-order valence-electron chi connectivity index (χ1n) is 7.38. The molecule has 8 heteroatoms. The minimum absolute atomic E-state index is 0.0286. The highest BCUT2D eigenvalue weighted by Crippen LogP contribution is 2.23. The summed E-state index contributed by atoms with van der Waals surface area (Å²) < 4.78 is 26.4. The summed E-state index contributed by atoms with van der Waals surface area (Å²) in [7, 11) is -3.70. The molecular formula is C17H16ClN3O3S. The summed E-state index contributed by atoms with van der Waals surface area (Å²) in [6.07, 6.45) is 0.0820.